The molecule has 1 aliphatic rings. The van der Waals surface area contributed by atoms with E-state index in [1.165, 1.54) is 12.1 Å². The third kappa shape index (κ3) is 2.98. The van der Waals surface area contributed by atoms with Gasteiger partial charge in [-0.25, -0.2) is 0 Å². The van der Waals surface area contributed by atoms with Crippen LogP contribution in [0.15, 0.2) is 103 Å². The molecule has 0 amide bonds. The SMILES string of the molecule is FC(F)(F)c1cccc2c1-c1ccccc1N(c1ccccc1)B2c1ccccc1. The third-order valence-corrected chi connectivity index (χ3v) is 5.54. The fourth-order valence-corrected chi connectivity index (χ4v) is 4.35. The van der Waals surface area contributed by atoms with Crippen LogP contribution in [0.2, 0.25) is 0 Å². The fourth-order valence-electron chi connectivity index (χ4n) is 4.35. The molecule has 0 bridgehead atoms. The van der Waals surface area contributed by atoms with E-state index in [0.29, 0.717) is 11.0 Å². The van der Waals surface area contributed by atoms with Gasteiger partial charge in [-0.05, 0) is 35.3 Å². The van der Waals surface area contributed by atoms with E-state index >= 15 is 0 Å². The summed E-state index contributed by atoms with van der Waals surface area (Å²) in [5.74, 6) is 0. The lowest BCUT2D eigenvalue weighted by atomic mass is 9.45. The molecule has 4 aromatic rings. The second-order valence-electron chi connectivity index (χ2n) is 7.30. The van der Waals surface area contributed by atoms with Crippen LogP contribution in [0.3, 0.4) is 0 Å². The summed E-state index contributed by atoms with van der Waals surface area (Å²) in [6.07, 6.45) is -4.44. The summed E-state index contributed by atoms with van der Waals surface area (Å²) in [5, 5.41) is 0. The number of hydrogen-bond acceptors (Lipinski definition) is 1. The lowest BCUT2D eigenvalue weighted by Gasteiger charge is -2.39. The van der Waals surface area contributed by atoms with Crippen molar-refractivity contribution in [3.8, 4) is 11.1 Å². The molecule has 0 aliphatic carbocycles. The van der Waals surface area contributed by atoms with Crippen LogP contribution in [-0.4, -0.2) is 6.85 Å². The summed E-state index contributed by atoms with van der Waals surface area (Å²) in [5.41, 5.74) is 3.55. The fraction of sp³-hybridized carbons (Fsp3) is 0.0400. The van der Waals surface area contributed by atoms with E-state index in [0.717, 1.165) is 16.8 Å². The first-order chi connectivity index (χ1) is 14.6. The van der Waals surface area contributed by atoms with Crippen molar-refractivity contribution in [3.05, 3.63) is 109 Å². The number of nitrogens with zero attached hydrogens (tertiary/aromatic N) is 1. The van der Waals surface area contributed by atoms with Crippen LogP contribution in [0.1, 0.15) is 5.56 Å². The smallest absolute Gasteiger partial charge is 0.376 e. The first-order valence-electron chi connectivity index (χ1n) is 9.74. The lowest BCUT2D eigenvalue weighted by Crippen LogP contribution is -2.57. The summed E-state index contributed by atoms with van der Waals surface area (Å²) in [6.45, 7) is -0.374. The highest BCUT2D eigenvalue weighted by Crippen LogP contribution is 2.44. The number of anilines is 2. The van der Waals surface area contributed by atoms with E-state index < -0.39 is 11.7 Å². The zero-order valence-corrected chi connectivity index (χ0v) is 16.0. The molecule has 4 aromatic carbocycles. The molecular formula is C25H17BF3N. The zero-order chi connectivity index (χ0) is 20.7. The highest BCUT2D eigenvalue weighted by molar-refractivity contribution is 6.90. The second kappa shape index (κ2) is 7.10. The van der Waals surface area contributed by atoms with Crippen molar-refractivity contribution >= 4 is 29.1 Å². The second-order valence-corrected chi connectivity index (χ2v) is 7.30. The Morgan fingerprint density at radius 1 is 0.633 bits per heavy atom. The Bertz CT molecular complexity index is 1190. The summed E-state index contributed by atoms with van der Waals surface area (Å²) in [7, 11) is 0. The topological polar surface area (TPSA) is 3.24 Å². The Balaban J connectivity index is 1.87. The summed E-state index contributed by atoms with van der Waals surface area (Å²) >= 11 is 0. The molecular weight excluding hydrogens is 382 g/mol. The molecule has 1 nitrogen and oxygen atoms in total. The number of para-hydroxylation sites is 2. The van der Waals surface area contributed by atoms with Gasteiger partial charge in [0.1, 0.15) is 0 Å². The highest BCUT2D eigenvalue weighted by atomic mass is 19.4. The Labute approximate surface area is 173 Å². The Hall–Kier alpha value is -3.47. The van der Waals surface area contributed by atoms with Gasteiger partial charge in [0.15, 0.2) is 0 Å². The number of fused-ring (bicyclic) bond motifs is 3. The van der Waals surface area contributed by atoms with Gasteiger partial charge in [0, 0.05) is 16.9 Å². The van der Waals surface area contributed by atoms with Gasteiger partial charge in [-0.3, -0.25) is 0 Å². The van der Waals surface area contributed by atoms with Crippen molar-refractivity contribution in [1.29, 1.82) is 0 Å². The minimum atomic E-state index is -4.44. The van der Waals surface area contributed by atoms with Crippen molar-refractivity contribution in [3.63, 3.8) is 0 Å². The van der Waals surface area contributed by atoms with Crippen LogP contribution in [0.25, 0.3) is 11.1 Å². The third-order valence-electron chi connectivity index (χ3n) is 5.54. The van der Waals surface area contributed by atoms with Crippen LogP contribution in [-0.2, 0) is 6.18 Å². The van der Waals surface area contributed by atoms with Crippen molar-refractivity contribution in [2.45, 2.75) is 6.18 Å². The van der Waals surface area contributed by atoms with Crippen molar-refractivity contribution in [1.82, 2.24) is 0 Å². The predicted octanol–water partition coefficient (Wildman–Crippen LogP) is 5.63. The van der Waals surface area contributed by atoms with Crippen molar-refractivity contribution in [2.24, 2.45) is 0 Å². The molecule has 0 N–H and O–H groups in total. The molecule has 0 fully saturated rings. The maximum absolute atomic E-state index is 14.0. The number of hydrogen-bond donors (Lipinski definition) is 0. The van der Waals surface area contributed by atoms with E-state index in [9.17, 15) is 13.2 Å². The van der Waals surface area contributed by atoms with Crippen molar-refractivity contribution in [2.75, 3.05) is 4.81 Å². The monoisotopic (exact) mass is 399 g/mol. The molecule has 0 spiro atoms. The van der Waals surface area contributed by atoms with Gasteiger partial charge >= 0.3 is 13.0 Å². The average molecular weight is 399 g/mol. The molecule has 0 saturated carbocycles. The average Bonchev–Trinajstić information content (AvgIpc) is 2.78. The van der Waals surface area contributed by atoms with Crippen LogP contribution < -0.4 is 15.7 Å². The maximum atomic E-state index is 14.0. The quantitative estimate of drug-likeness (QED) is 0.395. The number of benzene rings is 4. The normalized spacial score (nSPS) is 13.0. The molecule has 0 aromatic heterocycles. The molecule has 0 radical (unpaired) electrons. The van der Waals surface area contributed by atoms with Crippen LogP contribution in [0.4, 0.5) is 24.5 Å². The van der Waals surface area contributed by atoms with Gasteiger partial charge in [-0.1, -0.05) is 84.3 Å². The standard InChI is InChI=1S/C25H17BF3N/c27-25(28,29)21-15-9-16-22-24(21)20-14-7-8-17-23(20)30(19-12-5-2-6-13-19)26(22)18-10-3-1-4-11-18/h1-17H. The van der Waals surface area contributed by atoms with Gasteiger partial charge in [-0.15, -0.1) is 0 Å². The zero-order valence-electron chi connectivity index (χ0n) is 16.0. The van der Waals surface area contributed by atoms with Crippen LogP contribution in [0, 0.1) is 0 Å². The molecule has 5 rings (SSSR count). The largest absolute Gasteiger partial charge is 0.416 e. The maximum Gasteiger partial charge on any atom is 0.416 e. The Morgan fingerprint density at radius 2 is 1.27 bits per heavy atom. The Morgan fingerprint density at radius 3 is 1.97 bits per heavy atom. The number of rotatable bonds is 2. The van der Waals surface area contributed by atoms with Crippen molar-refractivity contribution < 1.29 is 13.2 Å². The van der Waals surface area contributed by atoms with Gasteiger partial charge in [0.2, 0.25) is 0 Å². The van der Waals surface area contributed by atoms with Gasteiger partial charge in [0.25, 0.3) is 0 Å². The first-order valence-corrected chi connectivity index (χ1v) is 9.74. The first kappa shape index (κ1) is 18.6. The number of halogens is 3. The minimum Gasteiger partial charge on any atom is -0.376 e. The van der Waals surface area contributed by atoms with E-state index in [2.05, 4.69) is 4.81 Å². The summed E-state index contributed by atoms with van der Waals surface area (Å²) in [4.78, 5) is 2.13. The van der Waals surface area contributed by atoms with E-state index in [-0.39, 0.29) is 12.4 Å². The van der Waals surface area contributed by atoms with Gasteiger partial charge in [0.05, 0.1) is 5.56 Å². The molecule has 30 heavy (non-hydrogen) atoms. The van der Waals surface area contributed by atoms with E-state index in [1.54, 1.807) is 12.1 Å². The lowest BCUT2D eigenvalue weighted by molar-refractivity contribution is -0.137. The molecule has 1 heterocycles. The molecule has 146 valence electrons. The predicted molar refractivity (Wildman–Crippen MR) is 117 cm³/mol. The molecule has 5 heteroatoms. The molecule has 0 atom stereocenters. The highest BCUT2D eigenvalue weighted by Gasteiger charge is 2.42. The van der Waals surface area contributed by atoms with Gasteiger partial charge < -0.3 is 4.81 Å². The van der Waals surface area contributed by atoms with E-state index in [4.69, 9.17) is 0 Å². The van der Waals surface area contributed by atoms with Crippen LogP contribution >= 0.6 is 0 Å². The summed E-state index contributed by atoms with van der Waals surface area (Å²) in [6, 6.07) is 31.4. The van der Waals surface area contributed by atoms with Gasteiger partial charge in [-0.2, -0.15) is 13.2 Å². The minimum absolute atomic E-state index is 0.265. The number of alkyl halides is 3. The summed E-state index contributed by atoms with van der Waals surface area (Å²) < 4.78 is 42.0. The molecule has 0 unspecified atom stereocenters. The van der Waals surface area contributed by atoms with Crippen LogP contribution in [0.5, 0.6) is 0 Å². The Kier molecular flexibility index (Phi) is 4.39. The molecule has 0 saturated heterocycles. The van der Waals surface area contributed by atoms with E-state index in [1.807, 2.05) is 78.9 Å². The molecule has 1 aliphatic heterocycles.